The maximum atomic E-state index is 13.6. The van der Waals surface area contributed by atoms with Gasteiger partial charge in [0.2, 0.25) is 17.7 Å². The number of amides is 3. The van der Waals surface area contributed by atoms with E-state index in [-0.39, 0.29) is 103 Å². The van der Waals surface area contributed by atoms with Crippen molar-refractivity contribution in [1.29, 1.82) is 0 Å². The lowest BCUT2D eigenvalue weighted by Gasteiger charge is -2.24. The van der Waals surface area contributed by atoms with Gasteiger partial charge >= 0.3 is 5.97 Å². The second-order valence-electron chi connectivity index (χ2n) is 18.6. The lowest BCUT2D eigenvalue weighted by molar-refractivity contribution is -0.138. The third kappa shape index (κ3) is 16.9. The van der Waals surface area contributed by atoms with Crippen molar-refractivity contribution in [2.24, 2.45) is 23.5 Å². The van der Waals surface area contributed by atoms with Crippen LogP contribution in [0.15, 0.2) is 76.3 Å². The first-order valence-electron chi connectivity index (χ1n) is 24.6. The van der Waals surface area contributed by atoms with Gasteiger partial charge in [-0.15, -0.1) is 0 Å². The minimum atomic E-state index is -1.27. The highest BCUT2D eigenvalue weighted by Crippen LogP contribution is 2.44. The fourth-order valence-corrected chi connectivity index (χ4v) is 8.85. The number of carboxylic acids is 1. The summed E-state index contributed by atoms with van der Waals surface area (Å²) in [6.07, 6.45) is 3.99. The molecule has 5 atom stereocenters. The van der Waals surface area contributed by atoms with Gasteiger partial charge in [0.05, 0.1) is 24.4 Å². The van der Waals surface area contributed by atoms with Crippen molar-refractivity contribution >= 4 is 64.3 Å². The molecule has 8 N–H and O–H groups in total. The molecule has 0 fully saturated rings. The first-order chi connectivity index (χ1) is 35.3. The molecule has 0 radical (unpaired) electrons. The molecule has 2 heterocycles. The van der Waals surface area contributed by atoms with Gasteiger partial charge in [-0.3, -0.25) is 43.2 Å². The number of rotatable bonds is 33. The number of nitrogens with zero attached hydrogens (tertiary/aromatic N) is 1. The Hall–Kier alpha value is -7.87. The Balaban J connectivity index is 1.07. The normalized spacial score (nSPS) is 13.3. The summed E-state index contributed by atoms with van der Waals surface area (Å²) < 4.78 is 11.3. The van der Waals surface area contributed by atoms with Gasteiger partial charge in [0.25, 0.3) is 6.47 Å². The molecule has 3 amide bonds. The molecule has 0 unspecified atom stereocenters. The Bertz CT molecular complexity index is 2840. The summed E-state index contributed by atoms with van der Waals surface area (Å²) in [5, 5.41) is 35.8. The maximum absolute atomic E-state index is 13.6. The van der Waals surface area contributed by atoms with Gasteiger partial charge < -0.3 is 50.6 Å². The second kappa shape index (κ2) is 27.8. The van der Waals surface area contributed by atoms with E-state index in [4.69, 9.17) is 20.0 Å². The van der Waals surface area contributed by atoms with E-state index in [0.717, 1.165) is 0 Å². The van der Waals surface area contributed by atoms with E-state index >= 15 is 0 Å². The van der Waals surface area contributed by atoms with Crippen molar-refractivity contribution in [1.82, 2.24) is 20.6 Å². The number of fused-ring (bicyclic) bond motifs is 2. The Morgan fingerprint density at radius 3 is 2.28 bits per heavy atom. The van der Waals surface area contributed by atoms with Crippen molar-refractivity contribution < 1.29 is 67.6 Å². The van der Waals surface area contributed by atoms with Crippen LogP contribution in [0, 0.1) is 17.8 Å². The van der Waals surface area contributed by atoms with E-state index in [1.807, 2.05) is 0 Å². The number of benzene rings is 3. The number of aromatic hydroxyl groups is 1. The number of aromatic amines is 1. The van der Waals surface area contributed by atoms with E-state index in [1.54, 1.807) is 24.3 Å². The van der Waals surface area contributed by atoms with Crippen LogP contribution in [0.4, 0.5) is 0 Å². The number of hydrogen-bond acceptors (Lipinski definition) is 15. The van der Waals surface area contributed by atoms with Gasteiger partial charge in [-0.25, -0.2) is 4.98 Å². The van der Waals surface area contributed by atoms with Crippen LogP contribution in [-0.4, -0.2) is 97.3 Å². The van der Waals surface area contributed by atoms with E-state index in [9.17, 15) is 58.2 Å². The molecule has 74 heavy (non-hydrogen) atoms. The van der Waals surface area contributed by atoms with Crippen LogP contribution < -0.4 is 26.5 Å². The molecule has 0 spiro atoms. The van der Waals surface area contributed by atoms with Crippen LogP contribution >= 0.6 is 0 Å². The van der Waals surface area contributed by atoms with Crippen molar-refractivity contribution in [2.75, 3.05) is 6.54 Å². The van der Waals surface area contributed by atoms with Crippen molar-refractivity contribution in [2.45, 2.75) is 122 Å². The number of carbonyl (C=O) groups excluding carboxylic acids is 8. The Morgan fingerprint density at radius 1 is 0.838 bits per heavy atom. The number of nitrogens with one attached hydrogen (secondary N) is 3. The maximum Gasteiger partial charge on any atom is 0.303 e. The van der Waals surface area contributed by atoms with E-state index < -0.39 is 66.3 Å². The molecule has 0 bridgehead atoms. The first-order valence-corrected chi connectivity index (χ1v) is 24.6. The molecular weight excluding hydrogens is 959 g/mol. The topological polar surface area (TPSA) is 333 Å². The lowest BCUT2D eigenvalue weighted by atomic mass is 9.90. The summed E-state index contributed by atoms with van der Waals surface area (Å²) in [4.78, 5) is 132. The van der Waals surface area contributed by atoms with E-state index in [1.165, 1.54) is 56.7 Å². The predicted octanol–water partition coefficient (Wildman–Crippen LogP) is 5.54. The van der Waals surface area contributed by atoms with Crippen LogP contribution in [0.3, 0.4) is 0 Å². The minimum absolute atomic E-state index is 0.0416. The summed E-state index contributed by atoms with van der Waals surface area (Å²) in [6.45, 7) is 3.32. The van der Waals surface area contributed by atoms with E-state index in [2.05, 4.69) is 20.6 Å². The second-order valence-corrected chi connectivity index (χ2v) is 18.6. The number of aromatic nitrogens is 2. The van der Waals surface area contributed by atoms with Crippen LogP contribution in [0.2, 0.25) is 0 Å². The molecule has 2 aliphatic rings. The molecule has 394 valence electrons. The number of ether oxygens (including phenoxy) is 1. The molecule has 20 heteroatoms. The number of aliphatic hydroxyl groups excluding tert-OH is 1. The first kappa shape index (κ1) is 57.0. The fourth-order valence-electron chi connectivity index (χ4n) is 8.85. The molecule has 0 saturated heterocycles. The zero-order chi connectivity index (χ0) is 53.9. The van der Waals surface area contributed by atoms with Crippen molar-refractivity contribution in [3.05, 3.63) is 88.6 Å². The molecule has 1 aliphatic heterocycles. The monoisotopic (exact) mass is 1020 g/mol. The number of hydrogen-bond donors (Lipinski definition) is 7. The molecule has 20 nitrogen and oxygen atoms in total. The number of Topliss-reactive ketones (excluding diaryl/α,β-unsaturated/α-hetero) is 4. The third-order valence-corrected chi connectivity index (χ3v) is 12.8. The number of nitrogens with two attached hydrogens (primary N) is 1. The van der Waals surface area contributed by atoms with Crippen LogP contribution in [0.25, 0.3) is 33.4 Å². The number of H-pyrrole nitrogens is 1. The van der Waals surface area contributed by atoms with Gasteiger partial charge in [0.1, 0.15) is 34.4 Å². The number of unbranched alkanes of at least 4 members (excludes halogenated alkanes) is 4. The Kier molecular flexibility index (Phi) is 21.4. The van der Waals surface area contributed by atoms with Crippen LogP contribution in [0.5, 0.6) is 11.5 Å². The zero-order valence-electron chi connectivity index (χ0n) is 41.4. The van der Waals surface area contributed by atoms with Gasteiger partial charge in [-0.1, -0.05) is 19.3 Å². The highest BCUT2D eigenvalue weighted by atomic mass is 16.5. The molecule has 5 rings (SSSR count). The highest BCUT2D eigenvalue weighted by molar-refractivity contribution is 6.06. The SMILES string of the molecule is CC(=O)C[C@H](CCCCCC(=O)c1ccc(OC=O)c(-c2c3ccc(=O)cc-3oc3cc(O)ccc23)c1)C(=O)NCCCCCC(=O)C[C@@H](C(=O)N[C@H](Cc1cnc[nH]1)C(=O)C[C@H](CCC(=O)O)C(N)=O)[C@H](C)O. The van der Waals surface area contributed by atoms with Gasteiger partial charge in [-0.2, -0.15) is 0 Å². The lowest BCUT2D eigenvalue weighted by Crippen LogP contribution is -2.48. The number of carbonyl (C=O) groups is 9. The summed E-state index contributed by atoms with van der Waals surface area (Å²) in [7, 11) is 0. The predicted molar refractivity (Wildman–Crippen MR) is 269 cm³/mol. The fraction of sp³-hybridized carbons (Fsp3) is 0.426. The standard InChI is InChI=1S/C54H63N5O15/c1-31(61)21-35(9-5-3-7-11-45(66)33-12-18-47(73-30-60)43(22-33)51-40-16-14-38(64)26-48(40)74-49-27-39(65)15-17-41(49)51)53(71)57-20-8-4-6-10-37(63)25-42(32(2)62)54(72)59-44(24-36-28-56-29-58-36)46(67)23-34(52(55)70)13-19-50(68)69/h12,14-18,22,26-30,32,34-35,42,44,62,64H,3-11,13,19-21,23-25H2,1-2H3,(H2,55,70)(H,56,58)(H,57,71)(H,59,72)(H,68,69)/t32-,34-,35-,42+,44+/m0/s1. The van der Waals surface area contributed by atoms with Crippen LogP contribution in [0.1, 0.15) is 120 Å². The smallest absolute Gasteiger partial charge is 0.303 e. The third-order valence-electron chi connectivity index (χ3n) is 12.8. The number of carboxylic acid groups (broad SMARTS) is 1. The number of imidazole rings is 1. The number of primary amides is 1. The molecular formula is C54H63N5O15. The molecule has 1 aliphatic carbocycles. The summed E-state index contributed by atoms with van der Waals surface area (Å²) in [6, 6.07) is 12.2. The number of ketones is 4. The number of aliphatic carboxylic acids is 1. The molecule has 3 aromatic rings. The van der Waals surface area contributed by atoms with Gasteiger partial charge in [0.15, 0.2) is 17.0 Å². The number of phenols is 1. The quantitative estimate of drug-likeness (QED) is 0.0117. The molecule has 1 aromatic heterocycles. The van der Waals surface area contributed by atoms with E-state index in [0.29, 0.717) is 78.3 Å². The summed E-state index contributed by atoms with van der Waals surface area (Å²) >= 11 is 0. The Morgan fingerprint density at radius 2 is 1.59 bits per heavy atom. The average molecular weight is 1020 g/mol. The highest BCUT2D eigenvalue weighted by Gasteiger charge is 2.33. The largest absolute Gasteiger partial charge is 0.508 e. The van der Waals surface area contributed by atoms with Crippen molar-refractivity contribution in [3.8, 4) is 33.9 Å². The van der Waals surface area contributed by atoms with Gasteiger partial charge in [0, 0.05) is 115 Å². The average Bonchev–Trinajstić information content (AvgIpc) is 3.87. The number of aliphatic hydroxyl groups is 1. The van der Waals surface area contributed by atoms with Gasteiger partial charge in [-0.05, 0) is 88.4 Å². The Labute approximate surface area is 426 Å². The summed E-state index contributed by atoms with van der Waals surface area (Å²) in [5.41, 5.74) is 7.65. The minimum Gasteiger partial charge on any atom is -0.508 e. The number of phenolic OH excluding ortho intramolecular Hbond substituents is 1. The molecule has 0 saturated carbocycles. The molecule has 2 aromatic carbocycles. The van der Waals surface area contributed by atoms with Crippen LogP contribution in [-0.2, 0) is 44.8 Å². The van der Waals surface area contributed by atoms with Crippen molar-refractivity contribution in [3.63, 3.8) is 0 Å². The summed E-state index contributed by atoms with van der Waals surface area (Å²) in [5.74, 6) is -6.87. The zero-order valence-corrected chi connectivity index (χ0v) is 41.4.